The monoisotopic (exact) mass is 496 g/mol. The average Bonchev–Trinajstić information content (AvgIpc) is 3.24. The summed E-state index contributed by atoms with van der Waals surface area (Å²) in [5, 5.41) is 8.86. The van der Waals surface area contributed by atoms with E-state index >= 15 is 0 Å². The predicted octanol–water partition coefficient (Wildman–Crippen LogP) is 5.07. The van der Waals surface area contributed by atoms with Gasteiger partial charge in [0.25, 0.3) is 5.91 Å². The van der Waals surface area contributed by atoms with Crippen LogP contribution >= 0.6 is 23.2 Å². The number of piperazine rings is 1. The maximum atomic E-state index is 12.7. The molecule has 0 bridgehead atoms. The topological polar surface area (TPSA) is 77.8 Å². The highest BCUT2D eigenvalue weighted by Gasteiger charge is 2.22. The van der Waals surface area contributed by atoms with Crippen LogP contribution in [0.3, 0.4) is 0 Å². The second-order valence-corrected chi connectivity index (χ2v) is 9.05. The van der Waals surface area contributed by atoms with Crippen LogP contribution in [0.4, 0.5) is 4.79 Å². The summed E-state index contributed by atoms with van der Waals surface area (Å²) in [7, 11) is 0. The number of amides is 3. The number of halogens is 2. The average molecular weight is 497 g/mol. The minimum absolute atomic E-state index is 0.169. The molecule has 3 amide bonds. The van der Waals surface area contributed by atoms with Gasteiger partial charge in [0.15, 0.2) is 0 Å². The van der Waals surface area contributed by atoms with E-state index in [1.165, 1.54) is 0 Å². The summed E-state index contributed by atoms with van der Waals surface area (Å²) in [6.45, 7) is 2.35. The van der Waals surface area contributed by atoms with Crippen molar-refractivity contribution in [3.63, 3.8) is 0 Å². The number of hydrogen-bond acceptors (Lipinski definition) is 4. The van der Waals surface area contributed by atoms with Crippen LogP contribution < -0.4 is 10.7 Å². The van der Waals surface area contributed by atoms with E-state index in [4.69, 9.17) is 27.6 Å². The van der Waals surface area contributed by atoms with Gasteiger partial charge in [0.05, 0.1) is 6.54 Å². The zero-order chi connectivity index (χ0) is 23.7. The molecule has 1 fully saturated rings. The lowest BCUT2D eigenvalue weighted by Gasteiger charge is -2.34. The molecule has 5 rings (SSSR count). The largest absolute Gasteiger partial charge is 0.459 e. The van der Waals surface area contributed by atoms with Gasteiger partial charge in [-0.2, -0.15) is 0 Å². The van der Waals surface area contributed by atoms with Crippen molar-refractivity contribution in [1.82, 2.24) is 20.7 Å². The molecule has 1 aromatic heterocycles. The molecule has 0 spiro atoms. The maximum Gasteiger partial charge on any atom is 0.317 e. The van der Waals surface area contributed by atoms with E-state index in [2.05, 4.69) is 10.7 Å². The lowest BCUT2D eigenvalue weighted by atomic mass is 10.1. The van der Waals surface area contributed by atoms with Crippen LogP contribution in [0.5, 0.6) is 0 Å². The molecule has 1 saturated heterocycles. The number of urea groups is 1. The van der Waals surface area contributed by atoms with Crippen molar-refractivity contribution >= 4 is 56.9 Å². The summed E-state index contributed by atoms with van der Waals surface area (Å²) in [4.78, 5) is 27.0. The van der Waals surface area contributed by atoms with Gasteiger partial charge in [0, 0.05) is 47.2 Å². The van der Waals surface area contributed by atoms with Crippen LogP contribution in [0.15, 0.2) is 65.1 Å². The normalized spacial score (nSPS) is 14.5. The fraction of sp³-hybridized carbons (Fsp3) is 0.200. The molecular formula is C25H22Cl2N4O3. The van der Waals surface area contributed by atoms with E-state index in [1.54, 1.807) is 23.1 Å². The third kappa shape index (κ3) is 4.97. The minimum Gasteiger partial charge on any atom is -0.459 e. The fourth-order valence-electron chi connectivity index (χ4n) is 4.02. The van der Waals surface area contributed by atoms with Gasteiger partial charge in [0.1, 0.15) is 11.3 Å². The molecule has 1 aliphatic rings. The third-order valence-electron chi connectivity index (χ3n) is 5.83. The number of hydrazine groups is 1. The van der Waals surface area contributed by atoms with Gasteiger partial charge >= 0.3 is 6.03 Å². The van der Waals surface area contributed by atoms with E-state index in [-0.39, 0.29) is 18.5 Å². The summed E-state index contributed by atoms with van der Waals surface area (Å²) >= 11 is 12.0. The lowest BCUT2D eigenvalue weighted by Crippen LogP contribution is -2.56. The summed E-state index contributed by atoms with van der Waals surface area (Å²) in [6, 6.07) is 18.2. The van der Waals surface area contributed by atoms with Gasteiger partial charge in [-0.3, -0.25) is 10.2 Å². The molecule has 0 atom stereocenters. The highest BCUT2D eigenvalue weighted by Crippen LogP contribution is 2.23. The Kier molecular flexibility index (Phi) is 6.32. The van der Waals surface area contributed by atoms with Crippen molar-refractivity contribution in [2.24, 2.45) is 0 Å². The van der Waals surface area contributed by atoms with Gasteiger partial charge < -0.3 is 14.6 Å². The standard InChI is InChI=1S/C25H22Cl2N4O3/c26-20-4-3-16-11-18(2-1-17(16)12-20)24(32)29-31-9-7-30(8-10-31)25(33)28-15-22-14-19-13-21(27)5-6-23(19)34-22/h1-6,11-14H,7-10,15H2,(H,28,33)(H,29,32). The Bertz CT molecular complexity index is 1380. The van der Waals surface area contributed by atoms with Gasteiger partial charge in [-0.05, 0) is 59.3 Å². The molecule has 2 heterocycles. The number of hydrogen-bond donors (Lipinski definition) is 2. The number of nitrogens with one attached hydrogen (secondary N) is 2. The highest BCUT2D eigenvalue weighted by molar-refractivity contribution is 6.31. The minimum atomic E-state index is -0.181. The Morgan fingerprint density at radius 2 is 1.50 bits per heavy atom. The number of fused-ring (bicyclic) bond motifs is 2. The molecule has 34 heavy (non-hydrogen) atoms. The molecular weight excluding hydrogens is 475 g/mol. The van der Waals surface area contributed by atoms with Gasteiger partial charge in [-0.25, -0.2) is 9.80 Å². The van der Waals surface area contributed by atoms with Crippen LogP contribution in [0.2, 0.25) is 10.0 Å². The summed E-state index contributed by atoms with van der Waals surface area (Å²) in [5.41, 5.74) is 4.23. The first-order valence-electron chi connectivity index (χ1n) is 10.9. The summed E-state index contributed by atoms with van der Waals surface area (Å²) < 4.78 is 5.74. The quantitative estimate of drug-likeness (QED) is 0.413. The molecule has 0 aliphatic carbocycles. The predicted molar refractivity (Wildman–Crippen MR) is 133 cm³/mol. The SMILES string of the molecule is O=C(NN1CCN(C(=O)NCc2cc3cc(Cl)ccc3o2)CC1)c1ccc2cc(Cl)ccc2c1. The molecule has 2 N–H and O–H groups in total. The Morgan fingerprint density at radius 1 is 0.824 bits per heavy atom. The number of benzene rings is 3. The van der Waals surface area contributed by atoms with Crippen LogP contribution in [-0.4, -0.2) is 48.0 Å². The maximum absolute atomic E-state index is 12.7. The van der Waals surface area contributed by atoms with Crippen LogP contribution in [-0.2, 0) is 6.54 Å². The molecule has 7 nitrogen and oxygen atoms in total. The molecule has 0 radical (unpaired) electrons. The fourth-order valence-corrected chi connectivity index (χ4v) is 4.38. The molecule has 0 unspecified atom stereocenters. The van der Waals surface area contributed by atoms with E-state index < -0.39 is 0 Å². The third-order valence-corrected chi connectivity index (χ3v) is 6.30. The Hall–Kier alpha value is -3.26. The Balaban J connectivity index is 1.11. The highest BCUT2D eigenvalue weighted by atomic mass is 35.5. The number of carbonyl (C=O) groups excluding carboxylic acids is 2. The summed E-state index contributed by atoms with van der Waals surface area (Å²) in [5.74, 6) is 0.480. The van der Waals surface area contributed by atoms with Crippen molar-refractivity contribution < 1.29 is 14.0 Å². The molecule has 174 valence electrons. The second kappa shape index (κ2) is 9.54. The first-order chi connectivity index (χ1) is 16.4. The molecule has 3 aromatic carbocycles. The van der Waals surface area contributed by atoms with Crippen LogP contribution in [0, 0.1) is 0 Å². The van der Waals surface area contributed by atoms with Crippen molar-refractivity contribution in [1.29, 1.82) is 0 Å². The van der Waals surface area contributed by atoms with E-state index in [0.29, 0.717) is 47.5 Å². The molecule has 4 aromatic rings. The van der Waals surface area contributed by atoms with Crippen LogP contribution in [0.1, 0.15) is 16.1 Å². The van der Waals surface area contributed by atoms with Gasteiger partial charge in [0.2, 0.25) is 0 Å². The number of nitrogens with zero attached hydrogens (tertiary/aromatic N) is 2. The Labute approximate surface area is 206 Å². The summed E-state index contributed by atoms with van der Waals surface area (Å²) in [6.07, 6.45) is 0. The van der Waals surface area contributed by atoms with Crippen molar-refractivity contribution in [2.75, 3.05) is 26.2 Å². The van der Waals surface area contributed by atoms with Gasteiger partial charge in [-0.1, -0.05) is 35.3 Å². The zero-order valence-corrected chi connectivity index (χ0v) is 19.7. The van der Waals surface area contributed by atoms with Crippen molar-refractivity contribution in [2.45, 2.75) is 6.54 Å². The molecule has 9 heteroatoms. The lowest BCUT2D eigenvalue weighted by molar-refractivity contribution is 0.0670. The first kappa shape index (κ1) is 22.5. The van der Waals surface area contributed by atoms with E-state index in [9.17, 15) is 9.59 Å². The van der Waals surface area contributed by atoms with E-state index in [0.717, 1.165) is 21.7 Å². The molecule has 1 aliphatic heterocycles. The Morgan fingerprint density at radius 3 is 2.29 bits per heavy atom. The van der Waals surface area contributed by atoms with Gasteiger partial charge in [-0.15, -0.1) is 0 Å². The molecule has 0 saturated carbocycles. The zero-order valence-electron chi connectivity index (χ0n) is 18.2. The van der Waals surface area contributed by atoms with Crippen LogP contribution in [0.25, 0.3) is 21.7 Å². The number of rotatable bonds is 4. The first-order valence-corrected chi connectivity index (χ1v) is 11.7. The number of carbonyl (C=O) groups is 2. The van der Waals surface area contributed by atoms with E-state index in [1.807, 2.05) is 47.5 Å². The number of furan rings is 1. The van der Waals surface area contributed by atoms with Crippen molar-refractivity contribution in [3.8, 4) is 0 Å². The van der Waals surface area contributed by atoms with Crippen molar-refractivity contribution in [3.05, 3.63) is 82.0 Å². The smallest absolute Gasteiger partial charge is 0.317 e. The second-order valence-electron chi connectivity index (χ2n) is 8.17.